The van der Waals surface area contributed by atoms with Crippen molar-refractivity contribution in [3.05, 3.63) is 0 Å². The van der Waals surface area contributed by atoms with Crippen LogP contribution in [0.15, 0.2) is 0 Å². The van der Waals surface area contributed by atoms with Crippen LogP contribution in [0.25, 0.3) is 0 Å². The third-order valence-corrected chi connectivity index (χ3v) is 2.10. The zero-order valence-corrected chi connectivity index (χ0v) is 11.9. The quantitative estimate of drug-likeness (QED) is 0.426. The van der Waals surface area contributed by atoms with Crippen LogP contribution in [-0.2, 0) is 23.8 Å². The van der Waals surface area contributed by atoms with Crippen LogP contribution in [0.3, 0.4) is 0 Å². The van der Waals surface area contributed by atoms with Gasteiger partial charge < -0.3 is 14.2 Å². The van der Waals surface area contributed by atoms with Crippen LogP contribution < -0.4 is 0 Å². The molecule has 0 aliphatic carbocycles. The summed E-state index contributed by atoms with van der Waals surface area (Å²) in [7, 11) is 0. The number of carbonyl (C=O) groups is 3. The molecule has 0 aromatic carbocycles. The lowest BCUT2D eigenvalue weighted by atomic mass is 10.1. The van der Waals surface area contributed by atoms with Gasteiger partial charge in [-0.2, -0.15) is 13.2 Å². The summed E-state index contributed by atoms with van der Waals surface area (Å²) in [6.45, 7) is 4.64. The number of alkyl halides is 3. The Morgan fingerprint density at radius 2 is 1.67 bits per heavy atom. The molecule has 0 atom stereocenters. The molecule has 0 N–H and O–H groups in total. The van der Waals surface area contributed by atoms with Crippen molar-refractivity contribution in [2.45, 2.75) is 51.8 Å². The molecule has 21 heavy (non-hydrogen) atoms. The first-order valence-corrected chi connectivity index (χ1v) is 6.15. The molecule has 0 amide bonds. The Labute approximate surface area is 119 Å². The van der Waals surface area contributed by atoms with E-state index < -0.39 is 29.9 Å². The Hall–Kier alpha value is -1.80. The summed E-state index contributed by atoms with van der Waals surface area (Å²) in [5, 5.41) is 0. The average molecular weight is 314 g/mol. The maximum absolute atomic E-state index is 11.9. The Morgan fingerprint density at radius 3 is 2.14 bits per heavy atom. The van der Waals surface area contributed by atoms with Crippen molar-refractivity contribution in [3.63, 3.8) is 0 Å². The number of halogens is 3. The van der Waals surface area contributed by atoms with E-state index in [1.54, 1.807) is 0 Å². The second-order valence-electron chi connectivity index (χ2n) is 4.75. The van der Waals surface area contributed by atoms with Gasteiger partial charge in [0, 0.05) is 0 Å². The fraction of sp³-hybridized carbons (Fsp3) is 0.750. The zero-order chi connectivity index (χ0) is 16.7. The highest BCUT2D eigenvalue weighted by Gasteiger charge is 2.43. The molecule has 0 rings (SSSR count). The van der Waals surface area contributed by atoms with Gasteiger partial charge in [-0.15, -0.1) is 0 Å². The minimum atomic E-state index is -5.30. The van der Waals surface area contributed by atoms with Gasteiger partial charge in [-0.25, -0.2) is 9.59 Å². The van der Waals surface area contributed by atoms with E-state index in [-0.39, 0.29) is 13.0 Å². The first kappa shape index (κ1) is 19.2. The summed E-state index contributed by atoms with van der Waals surface area (Å²) in [4.78, 5) is 32.9. The molecular weight excluding hydrogens is 297 g/mol. The largest absolute Gasteiger partial charge is 0.516 e. The molecule has 0 unspecified atom stereocenters. The fourth-order valence-electron chi connectivity index (χ4n) is 1.15. The van der Waals surface area contributed by atoms with Crippen molar-refractivity contribution < 1.29 is 41.8 Å². The number of carbonyl (C=O) groups excluding carboxylic acids is 3. The van der Waals surface area contributed by atoms with Gasteiger partial charge >= 0.3 is 24.3 Å². The topological polar surface area (TPSA) is 78.9 Å². The van der Waals surface area contributed by atoms with Gasteiger partial charge in [0.15, 0.2) is 0 Å². The lowest BCUT2D eigenvalue weighted by Gasteiger charge is -2.23. The minimum absolute atomic E-state index is 0.197. The number of hydrogen-bond donors (Lipinski definition) is 0. The van der Waals surface area contributed by atoms with Crippen molar-refractivity contribution in [1.29, 1.82) is 0 Å². The van der Waals surface area contributed by atoms with E-state index in [2.05, 4.69) is 9.47 Å². The van der Waals surface area contributed by atoms with Crippen molar-refractivity contribution in [2.24, 2.45) is 0 Å². The van der Waals surface area contributed by atoms with Crippen LogP contribution in [0.4, 0.5) is 18.0 Å². The van der Waals surface area contributed by atoms with Crippen LogP contribution in [-0.4, -0.2) is 36.5 Å². The molecule has 0 saturated carbocycles. The van der Waals surface area contributed by atoms with E-state index in [9.17, 15) is 27.6 Å². The minimum Gasteiger partial charge on any atom is -0.466 e. The van der Waals surface area contributed by atoms with Gasteiger partial charge in [-0.1, -0.05) is 13.3 Å². The molecule has 0 fully saturated rings. The monoisotopic (exact) mass is 314 g/mol. The molecule has 6 nitrogen and oxygen atoms in total. The smallest absolute Gasteiger partial charge is 0.466 e. The Kier molecular flexibility index (Phi) is 7.17. The van der Waals surface area contributed by atoms with E-state index in [0.29, 0.717) is 6.42 Å². The van der Waals surface area contributed by atoms with Gasteiger partial charge in [0.25, 0.3) is 0 Å². The predicted molar refractivity (Wildman–Crippen MR) is 63.2 cm³/mol. The SMILES string of the molecule is CCCCOC(=O)CC(C)(C)OC(=O)OC(=O)C(F)(F)F. The number of unbranched alkanes of at least 4 members (excludes halogenated alkanes) is 1. The second-order valence-corrected chi connectivity index (χ2v) is 4.75. The Morgan fingerprint density at radius 1 is 1.10 bits per heavy atom. The van der Waals surface area contributed by atoms with E-state index in [1.165, 1.54) is 13.8 Å². The van der Waals surface area contributed by atoms with E-state index >= 15 is 0 Å². The van der Waals surface area contributed by atoms with Gasteiger partial charge in [0.1, 0.15) is 5.60 Å². The maximum atomic E-state index is 11.9. The van der Waals surface area contributed by atoms with Crippen LogP contribution in [0.5, 0.6) is 0 Å². The molecule has 0 spiro atoms. The van der Waals surface area contributed by atoms with E-state index in [1.807, 2.05) is 6.92 Å². The van der Waals surface area contributed by atoms with E-state index in [4.69, 9.17) is 4.74 Å². The Bertz CT molecular complexity index is 389. The molecule has 0 aromatic heterocycles. The summed E-state index contributed by atoms with van der Waals surface area (Å²) in [5.74, 6) is -3.36. The molecule has 0 aliphatic rings. The fourth-order valence-corrected chi connectivity index (χ4v) is 1.15. The van der Waals surface area contributed by atoms with Crippen LogP contribution >= 0.6 is 0 Å². The highest BCUT2D eigenvalue weighted by molar-refractivity contribution is 5.85. The van der Waals surface area contributed by atoms with Crippen LogP contribution in [0, 0.1) is 0 Å². The average Bonchev–Trinajstić information content (AvgIpc) is 2.25. The van der Waals surface area contributed by atoms with E-state index in [0.717, 1.165) is 6.42 Å². The molecule has 0 aromatic rings. The van der Waals surface area contributed by atoms with Crippen molar-refractivity contribution in [3.8, 4) is 0 Å². The number of rotatable bonds is 6. The lowest BCUT2D eigenvalue weighted by molar-refractivity contribution is -0.196. The molecular formula is C12H17F3O6. The number of hydrogen-bond acceptors (Lipinski definition) is 6. The van der Waals surface area contributed by atoms with Crippen LogP contribution in [0.2, 0.25) is 0 Å². The maximum Gasteiger partial charge on any atom is 0.516 e. The third kappa shape index (κ3) is 8.87. The number of ether oxygens (including phenoxy) is 3. The molecule has 0 bridgehead atoms. The molecule has 0 heterocycles. The summed E-state index contributed by atoms with van der Waals surface area (Å²) in [5.41, 5.74) is -1.47. The summed E-state index contributed by atoms with van der Waals surface area (Å²) in [6, 6.07) is 0. The van der Waals surface area contributed by atoms with Crippen molar-refractivity contribution in [1.82, 2.24) is 0 Å². The summed E-state index contributed by atoms with van der Waals surface area (Å²) < 4.78 is 48.4. The second kappa shape index (κ2) is 7.84. The molecule has 0 radical (unpaired) electrons. The van der Waals surface area contributed by atoms with Gasteiger partial charge in [-0.05, 0) is 20.3 Å². The van der Waals surface area contributed by atoms with Gasteiger partial charge in [0.2, 0.25) is 0 Å². The normalized spacial score (nSPS) is 11.7. The van der Waals surface area contributed by atoms with Crippen molar-refractivity contribution in [2.75, 3.05) is 6.61 Å². The third-order valence-electron chi connectivity index (χ3n) is 2.10. The Balaban J connectivity index is 4.30. The van der Waals surface area contributed by atoms with Crippen molar-refractivity contribution >= 4 is 18.1 Å². The molecule has 9 heteroatoms. The lowest BCUT2D eigenvalue weighted by Crippen LogP contribution is -2.35. The first-order valence-electron chi connectivity index (χ1n) is 6.15. The molecule has 0 aliphatic heterocycles. The highest BCUT2D eigenvalue weighted by atomic mass is 19.4. The summed E-state index contributed by atoms with van der Waals surface area (Å²) in [6.07, 6.45) is -6.04. The molecule has 122 valence electrons. The van der Waals surface area contributed by atoms with Crippen LogP contribution in [0.1, 0.15) is 40.0 Å². The summed E-state index contributed by atoms with van der Waals surface area (Å²) >= 11 is 0. The van der Waals surface area contributed by atoms with Gasteiger partial charge in [0.05, 0.1) is 13.0 Å². The zero-order valence-electron chi connectivity index (χ0n) is 11.9. The first-order chi connectivity index (χ1) is 9.48. The predicted octanol–water partition coefficient (Wildman–Crippen LogP) is 2.74. The van der Waals surface area contributed by atoms with Gasteiger partial charge in [-0.3, -0.25) is 4.79 Å². The standard InChI is InChI=1S/C12H17F3O6/c1-4-5-6-19-8(16)7-11(2,3)21-10(18)20-9(17)12(13,14)15/h4-7H2,1-3H3. The molecule has 0 saturated heterocycles. The highest BCUT2D eigenvalue weighted by Crippen LogP contribution is 2.20. The number of esters is 2.